The van der Waals surface area contributed by atoms with Crippen LogP contribution in [-0.4, -0.2) is 50.1 Å². The summed E-state index contributed by atoms with van der Waals surface area (Å²) in [6, 6.07) is 10.7. The van der Waals surface area contributed by atoms with E-state index in [4.69, 9.17) is 4.74 Å². The van der Waals surface area contributed by atoms with E-state index in [9.17, 15) is 4.79 Å². The predicted molar refractivity (Wildman–Crippen MR) is 96.8 cm³/mol. The third kappa shape index (κ3) is 5.55. The second-order valence-corrected chi connectivity index (χ2v) is 5.70. The Kier molecular flexibility index (Phi) is 6.57. The molecule has 0 atom stereocenters. The van der Waals surface area contributed by atoms with Gasteiger partial charge in [0.1, 0.15) is 11.6 Å². The molecule has 2 rings (SSSR count). The number of hydrogen-bond acceptors (Lipinski definition) is 5. The molecule has 0 bridgehead atoms. The van der Waals surface area contributed by atoms with E-state index >= 15 is 0 Å². The van der Waals surface area contributed by atoms with Gasteiger partial charge in [0.25, 0.3) is 5.91 Å². The number of benzene rings is 1. The summed E-state index contributed by atoms with van der Waals surface area (Å²) in [5.74, 6) is 1.35. The Morgan fingerprint density at radius 2 is 1.92 bits per heavy atom. The van der Waals surface area contributed by atoms with Crippen molar-refractivity contribution in [3.8, 4) is 5.75 Å². The lowest BCUT2D eigenvalue weighted by Gasteiger charge is -2.10. The van der Waals surface area contributed by atoms with Crippen LogP contribution < -0.4 is 15.4 Å². The maximum absolute atomic E-state index is 12.2. The summed E-state index contributed by atoms with van der Waals surface area (Å²) in [5, 5.41) is 6.09. The minimum Gasteiger partial charge on any atom is -0.497 e. The van der Waals surface area contributed by atoms with Gasteiger partial charge < -0.3 is 20.3 Å². The smallest absolute Gasteiger partial charge is 0.255 e. The van der Waals surface area contributed by atoms with Gasteiger partial charge in [-0.25, -0.2) is 4.98 Å². The molecule has 0 aliphatic carbocycles. The van der Waals surface area contributed by atoms with E-state index in [2.05, 4.69) is 34.6 Å². The van der Waals surface area contributed by atoms with Crippen molar-refractivity contribution in [2.24, 2.45) is 0 Å². The van der Waals surface area contributed by atoms with Crippen molar-refractivity contribution in [3.63, 3.8) is 0 Å². The molecule has 6 nitrogen and oxygen atoms in total. The molecule has 0 aliphatic heterocycles. The van der Waals surface area contributed by atoms with E-state index < -0.39 is 0 Å². The van der Waals surface area contributed by atoms with E-state index in [1.807, 2.05) is 12.1 Å². The summed E-state index contributed by atoms with van der Waals surface area (Å²) in [4.78, 5) is 18.6. The number of pyridine rings is 1. The number of anilines is 2. The minimum atomic E-state index is -0.175. The highest BCUT2D eigenvalue weighted by atomic mass is 16.5. The van der Waals surface area contributed by atoms with Crippen molar-refractivity contribution in [1.82, 2.24) is 9.88 Å². The Morgan fingerprint density at radius 3 is 2.50 bits per heavy atom. The van der Waals surface area contributed by atoms with Crippen molar-refractivity contribution in [2.45, 2.75) is 6.42 Å². The first-order valence-corrected chi connectivity index (χ1v) is 7.88. The van der Waals surface area contributed by atoms with Crippen LogP contribution in [0.4, 0.5) is 11.5 Å². The number of nitrogens with one attached hydrogen (secondary N) is 2. The molecular formula is C18H24N4O2. The van der Waals surface area contributed by atoms with Gasteiger partial charge in [-0.1, -0.05) is 0 Å². The van der Waals surface area contributed by atoms with Crippen molar-refractivity contribution in [1.29, 1.82) is 0 Å². The van der Waals surface area contributed by atoms with Gasteiger partial charge in [0, 0.05) is 12.1 Å². The van der Waals surface area contributed by atoms with E-state index in [0.29, 0.717) is 11.3 Å². The van der Waals surface area contributed by atoms with Crippen LogP contribution in [0, 0.1) is 0 Å². The fourth-order valence-electron chi connectivity index (χ4n) is 2.13. The lowest BCUT2D eigenvalue weighted by molar-refractivity contribution is 0.102. The molecule has 0 saturated carbocycles. The largest absolute Gasteiger partial charge is 0.497 e. The number of amides is 1. The van der Waals surface area contributed by atoms with Crippen LogP contribution in [0.25, 0.3) is 0 Å². The molecular weight excluding hydrogens is 304 g/mol. The zero-order valence-corrected chi connectivity index (χ0v) is 14.4. The highest BCUT2D eigenvalue weighted by Gasteiger charge is 2.06. The van der Waals surface area contributed by atoms with Gasteiger partial charge in [-0.05, 0) is 63.5 Å². The molecule has 0 aliphatic rings. The Balaban J connectivity index is 1.85. The van der Waals surface area contributed by atoms with Crippen LogP contribution in [0.3, 0.4) is 0 Å². The molecule has 2 aromatic rings. The van der Waals surface area contributed by atoms with Crippen LogP contribution in [0.2, 0.25) is 0 Å². The lowest BCUT2D eigenvalue weighted by Crippen LogP contribution is -2.16. The molecule has 6 heteroatoms. The molecule has 0 fully saturated rings. The Labute approximate surface area is 142 Å². The molecule has 1 amide bonds. The standard InChI is InChI=1S/C18H24N4O2/c1-22(2)12-4-11-19-17-10-7-15(13-20-17)21-18(23)14-5-8-16(24-3)9-6-14/h5-10,13H,4,11-12H2,1-3H3,(H,19,20)(H,21,23). The first-order valence-electron chi connectivity index (χ1n) is 7.88. The summed E-state index contributed by atoms with van der Waals surface area (Å²) >= 11 is 0. The maximum Gasteiger partial charge on any atom is 0.255 e. The minimum absolute atomic E-state index is 0.175. The number of hydrogen-bond donors (Lipinski definition) is 2. The van der Waals surface area contributed by atoms with Crippen LogP contribution in [0.15, 0.2) is 42.6 Å². The molecule has 2 N–H and O–H groups in total. The Hall–Kier alpha value is -2.60. The van der Waals surface area contributed by atoms with Crippen LogP contribution in [-0.2, 0) is 0 Å². The van der Waals surface area contributed by atoms with Crippen molar-refractivity contribution in [2.75, 3.05) is 44.9 Å². The average molecular weight is 328 g/mol. The highest BCUT2D eigenvalue weighted by molar-refractivity contribution is 6.04. The number of nitrogens with zero attached hydrogens (tertiary/aromatic N) is 2. The molecule has 1 aromatic heterocycles. The fourth-order valence-corrected chi connectivity index (χ4v) is 2.13. The second-order valence-electron chi connectivity index (χ2n) is 5.70. The van der Waals surface area contributed by atoms with Crippen molar-refractivity contribution < 1.29 is 9.53 Å². The predicted octanol–water partition coefficient (Wildman–Crippen LogP) is 2.71. The summed E-state index contributed by atoms with van der Waals surface area (Å²) in [6.07, 6.45) is 2.69. The number of rotatable bonds is 8. The van der Waals surface area contributed by atoms with Crippen LogP contribution in [0.1, 0.15) is 16.8 Å². The quantitative estimate of drug-likeness (QED) is 0.729. The first kappa shape index (κ1) is 17.7. The molecule has 24 heavy (non-hydrogen) atoms. The fraction of sp³-hybridized carbons (Fsp3) is 0.333. The monoisotopic (exact) mass is 328 g/mol. The van der Waals surface area contributed by atoms with E-state index in [1.54, 1.807) is 37.6 Å². The van der Waals surface area contributed by atoms with Crippen molar-refractivity contribution in [3.05, 3.63) is 48.2 Å². The molecule has 1 heterocycles. The van der Waals surface area contributed by atoms with Gasteiger partial charge in [-0.3, -0.25) is 4.79 Å². The molecule has 0 radical (unpaired) electrons. The number of ether oxygens (including phenoxy) is 1. The topological polar surface area (TPSA) is 66.5 Å². The molecule has 1 aromatic carbocycles. The van der Waals surface area contributed by atoms with Crippen LogP contribution in [0.5, 0.6) is 5.75 Å². The van der Waals surface area contributed by atoms with E-state index in [1.165, 1.54) is 0 Å². The summed E-state index contributed by atoms with van der Waals surface area (Å²) in [5.41, 5.74) is 1.23. The van der Waals surface area contributed by atoms with Gasteiger partial charge in [-0.2, -0.15) is 0 Å². The zero-order chi connectivity index (χ0) is 17.4. The molecule has 0 spiro atoms. The van der Waals surface area contributed by atoms with Gasteiger partial charge >= 0.3 is 0 Å². The van der Waals surface area contributed by atoms with E-state index in [-0.39, 0.29) is 5.91 Å². The molecule has 0 unspecified atom stereocenters. The zero-order valence-electron chi connectivity index (χ0n) is 14.4. The highest BCUT2D eigenvalue weighted by Crippen LogP contribution is 2.14. The summed E-state index contributed by atoms with van der Waals surface area (Å²) < 4.78 is 5.08. The third-order valence-electron chi connectivity index (χ3n) is 3.46. The van der Waals surface area contributed by atoms with Crippen LogP contribution >= 0.6 is 0 Å². The van der Waals surface area contributed by atoms with E-state index in [0.717, 1.165) is 31.1 Å². The average Bonchev–Trinajstić information content (AvgIpc) is 2.60. The van der Waals surface area contributed by atoms with Crippen molar-refractivity contribution >= 4 is 17.4 Å². The number of methoxy groups -OCH3 is 1. The SMILES string of the molecule is COc1ccc(C(=O)Nc2ccc(NCCCN(C)C)nc2)cc1. The second kappa shape index (κ2) is 8.88. The normalized spacial score (nSPS) is 10.5. The number of aromatic nitrogens is 1. The number of carbonyl (C=O) groups is 1. The molecule has 128 valence electrons. The maximum atomic E-state index is 12.2. The summed E-state index contributed by atoms with van der Waals surface area (Å²) in [7, 11) is 5.70. The molecule has 0 saturated heterocycles. The Morgan fingerprint density at radius 1 is 1.17 bits per heavy atom. The van der Waals surface area contributed by atoms with Gasteiger partial charge in [0.2, 0.25) is 0 Å². The van der Waals surface area contributed by atoms with Gasteiger partial charge in [0.15, 0.2) is 0 Å². The lowest BCUT2D eigenvalue weighted by atomic mass is 10.2. The van der Waals surface area contributed by atoms with Gasteiger partial charge in [0.05, 0.1) is 19.0 Å². The first-order chi connectivity index (χ1) is 11.6. The third-order valence-corrected chi connectivity index (χ3v) is 3.46. The Bertz CT molecular complexity index is 639. The van der Waals surface area contributed by atoms with Gasteiger partial charge in [-0.15, -0.1) is 0 Å². The summed E-state index contributed by atoms with van der Waals surface area (Å²) in [6.45, 7) is 1.89. The number of carbonyl (C=O) groups excluding carboxylic acids is 1.